The fourth-order valence-corrected chi connectivity index (χ4v) is 3.91. The second kappa shape index (κ2) is 8.00. The van der Waals surface area contributed by atoms with Crippen molar-refractivity contribution in [2.45, 2.75) is 6.54 Å². The van der Waals surface area contributed by atoms with Crippen molar-refractivity contribution in [1.82, 2.24) is 25.3 Å². The van der Waals surface area contributed by atoms with Gasteiger partial charge in [-0.2, -0.15) is 0 Å². The number of nitrogens with one attached hydrogen (secondary N) is 3. The molecule has 0 amide bonds. The third kappa shape index (κ3) is 3.65. The molecule has 0 unspecified atom stereocenters. The fourth-order valence-electron chi connectivity index (χ4n) is 3.91. The third-order valence-corrected chi connectivity index (χ3v) is 5.41. The van der Waals surface area contributed by atoms with Gasteiger partial charge in [0.05, 0.1) is 5.39 Å². The summed E-state index contributed by atoms with van der Waals surface area (Å²) in [6, 6.07) is 12.5. The van der Waals surface area contributed by atoms with E-state index in [-0.39, 0.29) is 0 Å². The molecule has 1 aliphatic heterocycles. The number of aromatic nitrogens is 4. The van der Waals surface area contributed by atoms with E-state index in [2.05, 4.69) is 59.7 Å². The largest absolute Gasteiger partial charge is 0.384 e. The van der Waals surface area contributed by atoms with Crippen molar-refractivity contribution in [2.75, 3.05) is 42.1 Å². The Balaban J connectivity index is 1.42. The van der Waals surface area contributed by atoms with Crippen molar-refractivity contribution in [2.24, 2.45) is 0 Å². The number of pyridine rings is 1. The SMILES string of the molecule is Nc1cc(-c2c[nH]c3ncnc(NCc4cccc(N5CCNCC5)c4)c23)ccn1. The lowest BCUT2D eigenvalue weighted by atomic mass is 10.1. The molecule has 0 spiro atoms. The van der Waals surface area contributed by atoms with E-state index in [1.54, 1.807) is 12.5 Å². The highest BCUT2D eigenvalue weighted by atomic mass is 15.2. The molecule has 8 heteroatoms. The standard InChI is InChI=1S/C22H24N8/c23-19-11-16(4-5-25-19)18-13-27-22-20(18)21(28-14-29-22)26-12-15-2-1-3-17(10-15)30-8-6-24-7-9-30/h1-5,10-11,13-14,24H,6-9,12H2,(H2,23,25)(H2,26,27,28,29). The molecule has 0 atom stereocenters. The normalized spacial score (nSPS) is 14.2. The number of hydrogen-bond donors (Lipinski definition) is 4. The van der Waals surface area contributed by atoms with Gasteiger partial charge < -0.3 is 26.3 Å². The van der Waals surface area contributed by atoms with Gasteiger partial charge in [0.1, 0.15) is 23.6 Å². The summed E-state index contributed by atoms with van der Waals surface area (Å²) in [7, 11) is 0. The van der Waals surface area contributed by atoms with E-state index in [1.165, 1.54) is 11.3 Å². The predicted molar refractivity (Wildman–Crippen MR) is 120 cm³/mol. The molecule has 30 heavy (non-hydrogen) atoms. The maximum Gasteiger partial charge on any atom is 0.143 e. The van der Waals surface area contributed by atoms with E-state index in [0.29, 0.717) is 12.4 Å². The smallest absolute Gasteiger partial charge is 0.143 e. The second-order valence-corrected chi connectivity index (χ2v) is 7.38. The Morgan fingerprint density at radius 3 is 2.83 bits per heavy atom. The van der Waals surface area contributed by atoms with Gasteiger partial charge >= 0.3 is 0 Å². The van der Waals surface area contributed by atoms with Crippen LogP contribution in [0.15, 0.2) is 55.1 Å². The van der Waals surface area contributed by atoms with Crippen molar-refractivity contribution >= 4 is 28.4 Å². The van der Waals surface area contributed by atoms with Gasteiger partial charge in [-0.05, 0) is 35.4 Å². The van der Waals surface area contributed by atoms with Crippen LogP contribution in [0.5, 0.6) is 0 Å². The molecule has 152 valence electrons. The van der Waals surface area contributed by atoms with E-state index in [9.17, 15) is 0 Å². The first-order valence-corrected chi connectivity index (χ1v) is 10.1. The third-order valence-electron chi connectivity index (χ3n) is 5.41. The van der Waals surface area contributed by atoms with Gasteiger partial charge in [-0.3, -0.25) is 0 Å². The van der Waals surface area contributed by atoms with E-state index >= 15 is 0 Å². The minimum absolute atomic E-state index is 0.484. The number of nitrogens with two attached hydrogens (primary N) is 1. The fraction of sp³-hybridized carbons (Fsp3) is 0.227. The highest BCUT2D eigenvalue weighted by Crippen LogP contribution is 2.32. The van der Waals surface area contributed by atoms with E-state index in [0.717, 1.165) is 54.2 Å². The molecule has 5 rings (SSSR count). The van der Waals surface area contributed by atoms with E-state index < -0.39 is 0 Å². The number of rotatable bonds is 5. The summed E-state index contributed by atoms with van der Waals surface area (Å²) in [5.74, 6) is 1.28. The topological polar surface area (TPSA) is 108 Å². The molecule has 8 nitrogen and oxygen atoms in total. The Bertz CT molecular complexity index is 1160. The second-order valence-electron chi connectivity index (χ2n) is 7.38. The van der Waals surface area contributed by atoms with Gasteiger partial charge in [0.2, 0.25) is 0 Å². The van der Waals surface area contributed by atoms with Crippen LogP contribution in [0.4, 0.5) is 17.3 Å². The van der Waals surface area contributed by atoms with Gasteiger partial charge in [0, 0.05) is 56.4 Å². The molecule has 4 aromatic rings. The Labute approximate surface area is 174 Å². The van der Waals surface area contributed by atoms with E-state index in [1.807, 2.05) is 18.3 Å². The average molecular weight is 400 g/mol. The lowest BCUT2D eigenvalue weighted by Gasteiger charge is -2.29. The zero-order valence-corrected chi connectivity index (χ0v) is 16.6. The summed E-state index contributed by atoms with van der Waals surface area (Å²) in [6.07, 6.45) is 5.22. The number of nitrogens with zero attached hydrogens (tertiary/aromatic N) is 4. The number of fused-ring (bicyclic) bond motifs is 1. The van der Waals surface area contributed by atoms with Crippen LogP contribution in [-0.4, -0.2) is 46.1 Å². The maximum atomic E-state index is 5.88. The molecule has 1 saturated heterocycles. The molecule has 0 bridgehead atoms. The lowest BCUT2D eigenvalue weighted by molar-refractivity contribution is 0.589. The van der Waals surface area contributed by atoms with Crippen LogP contribution in [0.25, 0.3) is 22.2 Å². The number of nitrogen functional groups attached to an aromatic ring is 1. The first kappa shape index (κ1) is 18.4. The highest BCUT2D eigenvalue weighted by Gasteiger charge is 2.14. The molecular formula is C22H24N8. The Hall–Kier alpha value is -3.65. The Morgan fingerprint density at radius 2 is 1.97 bits per heavy atom. The first-order chi connectivity index (χ1) is 14.8. The van der Waals surface area contributed by atoms with E-state index in [4.69, 9.17) is 5.73 Å². The molecule has 3 aromatic heterocycles. The molecule has 5 N–H and O–H groups in total. The van der Waals surface area contributed by atoms with Crippen LogP contribution in [-0.2, 0) is 6.54 Å². The van der Waals surface area contributed by atoms with Gasteiger partial charge in [-0.15, -0.1) is 0 Å². The van der Waals surface area contributed by atoms with Crippen molar-refractivity contribution in [3.05, 3.63) is 60.7 Å². The minimum Gasteiger partial charge on any atom is -0.384 e. The number of aromatic amines is 1. The summed E-state index contributed by atoms with van der Waals surface area (Å²) in [6.45, 7) is 4.79. The molecule has 1 fully saturated rings. The molecule has 0 radical (unpaired) electrons. The molecule has 0 aliphatic carbocycles. The van der Waals surface area contributed by atoms with Crippen LogP contribution >= 0.6 is 0 Å². The summed E-state index contributed by atoms with van der Waals surface area (Å²) in [5.41, 5.74) is 11.1. The van der Waals surface area contributed by atoms with Crippen molar-refractivity contribution in [1.29, 1.82) is 0 Å². The Kier molecular flexibility index (Phi) is 4.90. The first-order valence-electron chi connectivity index (χ1n) is 10.1. The number of anilines is 3. The average Bonchev–Trinajstić information content (AvgIpc) is 3.23. The minimum atomic E-state index is 0.484. The van der Waals surface area contributed by atoms with Crippen LogP contribution in [0.3, 0.4) is 0 Å². The molecule has 1 aromatic carbocycles. The number of hydrogen-bond acceptors (Lipinski definition) is 7. The van der Waals surface area contributed by atoms with Gasteiger partial charge in [0.25, 0.3) is 0 Å². The number of benzene rings is 1. The zero-order valence-electron chi connectivity index (χ0n) is 16.6. The van der Waals surface area contributed by atoms with Crippen molar-refractivity contribution in [3.8, 4) is 11.1 Å². The quantitative estimate of drug-likeness (QED) is 0.408. The molecule has 0 saturated carbocycles. The molecule has 4 heterocycles. The Morgan fingerprint density at radius 1 is 1.07 bits per heavy atom. The predicted octanol–water partition coefficient (Wildman–Crippen LogP) is 2.62. The van der Waals surface area contributed by atoms with Gasteiger partial charge in [-0.1, -0.05) is 12.1 Å². The number of H-pyrrole nitrogens is 1. The zero-order chi connectivity index (χ0) is 20.3. The van der Waals surface area contributed by atoms with Gasteiger partial charge in [-0.25, -0.2) is 15.0 Å². The molecule has 1 aliphatic rings. The highest BCUT2D eigenvalue weighted by molar-refractivity contribution is 6.01. The monoisotopic (exact) mass is 400 g/mol. The van der Waals surface area contributed by atoms with Gasteiger partial charge in [0.15, 0.2) is 0 Å². The van der Waals surface area contributed by atoms with Crippen LogP contribution < -0.4 is 21.3 Å². The lowest BCUT2D eigenvalue weighted by Crippen LogP contribution is -2.43. The van der Waals surface area contributed by atoms with Crippen LogP contribution in [0.2, 0.25) is 0 Å². The summed E-state index contributed by atoms with van der Waals surface area (Å²) < 4.78 is 0. The summed E-state index contributed by atoms with van der Waals surface area (Å²) in [4.78, 5) is 18.6. The van der Waals surface area contributed by atoms with Crippen molar-refractivity contribution in [3.63, 3.8) is 0 Å². The summed E-state index contributed by atoms with van der Waals surface area (Å²) in [5, 5.41) is 7.84. The molecular weight excluding hydrogens is 376 g/mol. The van der Waals surface area contributed by atoms with Crippen LogP contribution in [0.1, 0.15) is 5.56 Å². The van der Waals surface area contributed by atoms with Crippen molar-refractivity contribution < 1.29 is 0 Å². The number of piperazine rings is 1. The maximum absolute atomic E-state index is 5.88. The summed E-state index contributed by atoms with van der Waals surface area (Å²) >= 11 is 0. The van der Waals surface area contributed by atoms with Crippen LogP contribution in [0, 0.1) is 0 Å².